The number of esters is 2. The number of rotatable bonds is 11. The van der Waals surface area contributed by atoms with Crippen LogP contribution >= 0.6 is 0 Å². The Hall–Kier alpha value is -4.00. The highest BCUT2D eigenvalue weighted by Crippen LogP contribution is 2.31. The zero-order valence-corrected chi connectivity index (χ0v) is 25.2. The molecule has 0 spiro atoms. The minimum absolute atomic E-state index is 0.0804. The van der Waals surface area contributed by atoms with Crippen molar-refractivity contribution < 1.29 is 45.9 Å². The largest absolute Gasteiger partial charge is 0.463 e. The fourth-order valence-electron chi connectivity index (χ4n) is 4.75. The van der Waals surface area contributed by atoms with Gasteiger partial charge in [0, 0.05) is 20.3 Å². The molecule has 11 nitrogen and oxygen atoms in total. The van der Waals surface area contributed by atoms with E-state index in [2.05, 4.69) is 5.32 Å². The summed E-state index contributed by atoms with van der Waals surface area (Å²) in [5, 5.41) is 4.63. The number of hydrogen-bond acceptors (Lipinski definition) is 10. The molecule has 12 heteroatoms. The lowest BCUT2D eigenvalue weighted by Crippen LogP contribution is -2.67. The summed E-state index contributed by atoms with van der Waals surface area (Å²) in [6.45, 7) is 5.34. The molecule has 1 amide bonds. The molecule has 0 radical (unpaired) electrons. The summed E-state index contributed by atoms with van der Waals surface area (Å²) in [7, 11) is -4.25. The van der Waals surface area contributed by atoms with Crippen LogP contribution in [0, 0.1) is 6.92 Å². The van der Waals surface area contributed by atoms with Crippen molar-refractivity contribution >= 4 is 38.7 Å². The van der Waals surface area contributed by atoms with E-state index in [1.54, 1.807) is 24.3 Å². The number of benzene rings is 3. The van der Waals surface area contributed by atoms with Crippen molar-refractivity contribution in [3.8, 4) is 5.75 Å². The Morgan fingerprint density at radius 2 is 1.53 bits per heavy atom. The zero-order chi connectivity index (χ0) is 31.1. The van der Waals surface area contributed by atoms with Crippen LogP contribution in [0.5, 0.6) is 5.75 Å². The monoisotopic (exact) mass is 613 g/mol. The van der Waals surface area contributed by atoms with Crippen molar-refractivity contribution in [1.82, 2.24) is 5.32 Å². The van der Waals surface area contributed by atoms with E-state index in [1.807, 2.05) is 44.2 Å². The summed E-state index contributed by atoms with van der Waals surface area (Å²) in [6.07, 6.45) is -4.54. The molecule has 0 aromatic heterocycles. The van der Waals surface area contributed by atoms with Crippen LogP contribution in [-0.2, 0) is 42.9 Å². The maximum Gasteiger partial charge on any atom is 0.303 e. The summed E-state index contributed by atoms with van der Waals surface area (Å²) < 4.78 is 54.8. The molecule has 0 bridgehead atoms. The van der Waals surface area contributed by atoms with Crippen molar-refractivity contribution in [2.75, 3.05) is 6.61 Å². The van der Waals surface area contributed by atoms with Gasteiger partial charge in [-0.1, -0.05) is 55.0 Å². The van der Waals surface area contributed by atoms with Gasteiger partial charge in [-0.15, -0.1) is 0 Å². The lowest BCUT2D eigenvalue weighted by Gasteiger charge is -2.45. The number of amides is 1. The van der Waals surface area contributed by atoms with Gasteiger partial charge in [0.25, 0.3) is 10.1 Å². The van der Waals surface area contributed by atoms with E-state index in [4.69, 9.17) is 23.1 Å². The smallest absolute Gasteiger partial charge is 0.303 e. The molecule has 0 aliphatic carbocycles. The van der Waals surface area contributed by atoms with Gasteiger partial charge >= 0.3 is 11.9 Å². The molecule has 1 N–H and O–H groups in total. The first-order chi connectivity index (χ1) is 20.5. The molecule has 4 rings (SSSR count). The quantitative estimate of drug-likeness (QED) is 0.250. The van der Waals surface area contributed by atoms with Crippen LogP contribution in [-0.4, -0.2) is 63.5 Å². The van der Waals surface area contributed by atoms with Crippen molar-refractivity contribution in [2.45, 2.75) is 76.1 Å². The highest BCUT2D eigenvalue weighted by Gasteiger charge is 2.52. The number of aryl methyl sites for hydroxylation is 1. The van der Waals surface area contributed by atoms with E-state index in [0.717, 1.165) is 30.2 Å². The van der Waals surface area contributed by atoms with E-state index in [9.17, 15) is 22.8 Å². The first kappa shape index (κ1) is 31.9. The van der Waals surface area contributed by atoms with Gasteiger partial charge in [-0.2, -0.15) is 8.42 Å². The zero-order valence-electron chi connectivity index (χ0n) is 24.3. The van der Waals surface area contributed by atoms with Gasteiger partial charge < -0.3 is 24.3 Å². The third-order valence-electron chi connectivity index (χ3n) is 6.73. The van der Waals surface area contributed by atoms with Gasteiger partial charge in [0.15, 0.2) is 12.2 Å². The van der Waals surface area contributed by atoms with E-state index in [0.29, 0.717) is 12.2 Å². The average Bonchev–Trinajstić information content (AvgIpc) is 2.95. The third-order valence-corrected chi connectivity index (χ3v) is 8.02. The summed E-state index contributed by atoms with van der Waals surface area (Å²) in [6, 6.07) is 17.9. The summed E-state index contributed by atoms with van der Waals surface area (Å²) in [4.78, 5) is 37.1. The average molecular weight is 614 g/mol. The van der Waals surface area contributed by atoms with Crippen molar-refractivity contribution in [3.63, 3.8) is 0 Å². The number of carbonyl (C=O) groups is 3. The van der Waals surface area contributed by atoms with Crippen molar-refractivity contribution in [3.05, 3.63) is 72.3 Å². The standard InChI is InChI=1S/C31H35NO10S/c1-5-8-27(35)32-28-30(40-21(4)34)29(39-20(3)33)26(18-38-43(36,37)25-15-11-19(2)12-16-25)42-31(28)41-24-14-13-22-9-6-7-10-23(22)17-24/h6-7,9-17,26,28-31H,5,8,18H2,1-4H3,(H,32,35)/t26-,28-,29-,30-,31-/m1/s1. The van der Waals surface area contributed by atoms with Crippen LogP contribution in [0.1, 0.15) is 39.2 Å². The molecule has 5 atom stereocenters. The van der Waals surface area contributed by atoms with Gasteiger partial charge in [0.05, 0.1) is 11.5 Å². The van der Waals surface area contributed by atoms with Crippen LogP contribution in [0.15, 0.2) is 71.6 Å². The Balaban J connectivity index is 1.70. The maximum atomic E-state index is 13.0. The van der Waals surface area contributed by atoms with Crippen LogP contribution in [0.4, 0.5) is 0 Å². The second kappa shape index (κ2) is 14.0. The lowest BCUT2D eigenvalue weighted by molar-refractivity contribution is -0.254. The van der Waals surface area contributed by atoms with Gasteiger partial charge in [0.2, 0.25) is 12.2 Å². The minimum atomic E-state index is -4.25. The first-order valence-electron chi connectivity index (χ1n) is 13.9. The number of nitrogens with one attached hydrogen (secondary N) is 1. The summed E-state index contributed by atoms with van der Waals surface area (Å²) >= 11 is 0. The Morgan fingerprint density at radius 1 is 0.884 bits per heavy atom. The SMILES string of the molecule is CCCC(=O)N[C@H]1[C@H](Oc2ccc3ccccc3c2)O[C@H](COS(=O)(=O)c2ccc(C)cc2)[C@@H](OC(C)=O)[C@@H]1OC(C)=O. The number of fused-ring (bicyclic) bond motifs is 1. The van der Waals surface area contributed by atoms with Gasteiger partial charge in [-0.25, -0.2) is 0 Å². The fourth-order valence-corrected chi connectivity index (χ4v) is 5.67. The topological polar surface area (TPSA) is 144 Å². The minimum Gasteiger partial charge on any atom is -0.463 e. The molecule has 1 fully saturated rings. The number of carbonyl (C=O) groups excluding carboxylic acids is 3. The second-order valence-electron chi connectivity index (χ2n) is 10.2. The first-order valence-corrected chi connectivity index (χ1v) is 15.3. The van der Waals surface area contributed by atoms with E-state index in [-0.39, 0.29) is 17.2 Å². The van der Waals surface area contributed by atoms with Gasteiger partial charge in [-0.05, 0) is 48.4 Å². The highest BCUT2D eigenvalue weighted by molar-refractivity contribution is 7.86. The molecule has 0 unspecified atom stereocenters. The van der Waals surface area contributed by atoms with Gasteiger partial charge in [0.1, 0.15) is 17.9 Å². The van der Waals surface area contributed by atoms with E-state index < -0.39 is 59.3 Å². The predicted molar refractivity (Wildman–Crippen MR) is 156 cm³/mol. The Bertz CT molecular complexity index is 1560. The number of ether oxygens (including phenoxy) is 4. The molecular weight excluding hydrogens is 578 g/mol. The molecule has 1 aliphatic rings. The van der Waals surface area contributed by atoms with Gasteiger partial charge in [-0.3, -0.25) is 18.6 Å². The summed E-state index contributed by atoms with van der Waals surface area (Å²) in [5.41, 5.74) is 0.860. The molecule has 3 aromatic carbocycles. The van der Waals surface area contributed by atoms with Crippen LogP contribution in [0.3, 0.4) is 0 Å². The normalized spacial score (nSPS) is 22.0. The molecule has 0 saturated carbocycles. The Morgan fingerprint density at radius 3 is 2.19 bits per heavy atom. The molecule has 43 heavy (non-hydrogen) atoms. The number of hydrogen-bond donors (Lipinski definition) is 1. The van der Waals surface area contributed by atoms with Crippen molar-refractivity contribution in [2.24, 2.45) is 0 Å². The molecule has 3 aromatic rings. The molecule has 1 aliphatic heterocycles. The fraction of sp³-hybridized carbons (Fsp3) is 0.387. The molecule has 230 valence electrons. The second-order valence-corrected chi connectivity index (χ2v) is 11.8. The van der Waals surface area contributed by atoms with Crippen LogP contribution < -0.4 is 10.1 Å². The summed E-state index contributed by atoms with van der Waals surface area (Å²) in [5.74, 6) is -1.48. The Kier molecular flexibility index (Phi) is 10.4. The maximum absolute atomic E-state index is 13.0. The van der Waals surface area contributed by atoms with Crippen LogP contribution in [0.2, 0.25) is 0 Å². The molecule has 1 saturated heterocycles. The Labute approximate surface area is 250 Å². The highest BCUT2D eigenvalue weighted by atomic mass is 32.2. The van der Waals surface area contributed by atoms with E-state index in [1.165, 1.54) is 12.1 Å². The van der Waals surface area contributed by atoms with E-state index >= 15 is 0 Å². The molecule has 1 heterocycles. The van der Waals surface area contributed by atoms with Crippen LogP contribution in [0.25, 0.3) is 10.8 Å². The third kappa shape index (κ3) is 8.31. The van der Waals surface area contributed by atoms with Crippen molar-refractivity contribution in [1.29, 1.82) is 0 Å². The predicted octanol–water partition coefficient (Wildman–Crippen LogP) is 3.81. The lowest BCUT2D eigenvalue weighted by atomic mass is 9.96. The molecular formula is C31H35NO10S.